The van der Waals surface area contributed by atoms with E-state index < -0.39 is 5.60 Å². The number of benzene rings is 1. The average molecular weight is 318 g/mol. The zero-order chi connectivity index (χ0) is 16.8. The van der Waals surface area contributed by atoms with Crippen LogP contribution in [0.1, 0.15) is 69.1 Å². The summed E-state index contributed by atoms with van der Waals surface area (Å²) in [7, 11) is 0. The van der Waals surface area contributed by atoms with Gasteiger partial charge in [-0.2, -0.15) is 0 Å². The molecule has 3 N–H and O–H groups in total. The van der Waals surface area contributed by atoms with Gasteiger partial charge in [0.25, 0.3) is 0 Å². The van der Waals surface area contributed by atoms with Gasteiger partial charge in [0.05, 0.1) is 5.60 Å². The minimum absolute atomic E-state index is 0.116. The third-order valence-electron chi connectivity index (χ3n) is 6.38. The summed E-state index contributed by atoms with van der Waals surface area (Å²) in [5.74, 6) is 0.754. The van der Waals surface area contributed by atoms with Crippen LogP contribution in [0.3, 0.4) is 0 Å². The Labute approximate surface area is 139 Å². The van der Waals surface area contributed by atoms with Gasteiger partial charge in [-0.05, 0) is 72.1 Å². The van der Waals surface area contributed by atoms with E-state index in [4.69, 9.17) is 0 Å². The van der Waals surface area contributed by atoms with Crippen molar-refractivity contribution in [1.82, 2.24) is 0 Å². The van der Waals surface area contributed by atoms with Crippen molar-refractivity contribution in [2.75, 3.05) is 6.61 Å². The number of aliphatic hydroxyl groups excluding tert-OH is 1. The van der Waals surface area contributed by atoms with Gasteiger partial charge in [-0.25, -0.2) is 0 Å². The number of aliphatic hydroxyl groups is 2. The van der Waals surface area contributed by atoms with Crippen LogP contribution in [0.15, 0.2) is 12.1 Å². The summed E-state index contributed by atoms with van der Waals surface area (Å²) >= 11 is 0. The first kappa shape index (κ1) is 16.8. The van der Waals surface area contributed by atoms with E-state index >= 15 is 0 Å². The smallest absolute Gasteiger partial charge is 0.119 e. The average Bonchev–Trinajstić information content (AvgIpc) is 2.62. The first-order chi connectivity index (χ1) is 10.8. The Morgan fingerprint density at radius 2 is 1.96 bits per heavy atom. The molecule has 3 atom stereocenters. The number of hydrogen-bond acceptors (Lipinski definition) is 3. The lowest BCUT2D eigenvalue weighted by atomic mass is 9.59. The van der Waals surface area contributed by atoms with E-state index in [1.54, 1.807) is 0 Å². The van der Waals surface area contributed by atoms with Gasteiger partial charge in [0.15, 0.2) is 0 Å². The molecule has 1 fully saturated rings. The van der Waals surface area contributed by atoms with Crippen molar-refractivity contribution in [2.45, 2.75) is 70.8 Å². The molecule has 1 aromatic rings. The zero-order valence-electron chi connectivity index (χ0n) is 14.6. The van der Waals surface area contributed by atoms with Crippen LogP contribution < -0.4 is 0 Å². The Morgan fingerprint density at radius 1 is 1.22 bits per heavy atom. The van der Waals surface area contributed by atoms with Crippen LogP contribution >= 0.6 is 0 Å². The van der Waals surface area contributed by atoms with Gasteiger partial charge in [-0.3, -0.25) is 0 Å². The summed E-state index contributed by atoms with van der Waals surface area (Å²) < 4.78 is 0. The SMILES string of the molecule is CC(C)c1cc2c(cc1O)CC1(O)CCCC(C)(CO)C1CC2. The number of rotatable bonds is 2. The molecular formula is C20H30O3. The van der Waals surface area contributed by atoms with Crippen molar-refractivity contribution < 1.29 is 15.3 Å². The summed E-state index contributed by atoms with van der Waals surface area (Å²) in [5, 5.41) is 31.6. The number of aromatic hydroxyl groups is 1. The molecule has 3 nitrogen and oxygen atoms in total. The van der Waals surface area contributed by atoms with Gasteiger partial charge in [-0.15, -0.1) is 0 Å². The highest BCUT2D eigenvalue weighted by Crippen LogP contribution is 2.51. The highest BCUT2D eigenvalue weighted by Gasteiger charge is 2.51. The summed E-state index contributed by atoms with van der Waals surface area (Å²) in [4.78, 5) is 0. The maximum absolute atomic E-state index is 11.4. The second-order valence-corrected chi connectivity index (χ2v) is 8.37. The monoisotopic (exact) mass is 318 g/mol. The van der Waals surface area contributed by atoms with Crippen molar-refractivity contribution >= 4 is 0 Å². The molecule has 1 aromatic carbocycles. The molecule has 0 amide bonds. The van der Waals surface area contributed by atoms with Gasteiger partial charge in [0.1, 0.15) is 5.75 Å². The summed E-state index contributed by atoms with van der Waals surface area (Å²) in [6.45, 7) is 6.44. The maximum Gasteiger partial charge on any atom is 0.119 e. The number of fused-ring (bicyclic) bond motifs is 2. The molecule has 0 saturated heterocycles. The van der Waals surface area contributed by atoms with Gasteiger partial charge < -0.3 is 15.3 Å². The quantitative estimate of drug-likeness (QED) is 0.782. The second-order valence-electron chi connectivity index (χ2n) is 8.37. The predicted octanol–water partition coefficient (Wildman–Crippen LogP) is 3.53. The minimum Gasteiger partial charge on any atom is -0.508 e. The minimum atomic E-state index is -0.757. The zero-order valence-corrected chi connectivity index (χ0v) is 14.6. The predicted molar refractivity (Wildman–Crippen MR) is 91.7 cm³/mol. The van der Waals surface area contributed by atoms with Crippen LogP contribution in [-0.2, 0) is 12.8 Å². The molecule has 0 bridgehead atoms. The van der Waals surface area contributed by atoms with Crippen molar-refractivity contribution in [1.29, 1.82) is 0 Å². The molecule has 1 saturated carbocycles. The number of phenolic OH excluding ortho intramolecular Hbond substituents is 1. The molecular weight excluding hydrogens is 288 g/mol. The van der Waals surface area contributed by atoms with E-state index in [1.165, 1.54) is 5.56 Å². The van der Waals surface area contributed by atoms with E-state index in [2.05, 4.69) is 26.8 Å². The standard InChI is InChI=1S/C20H30O3/c1-13(2)16-9-14-5-6-18-19(3,12-21)7-4-8-20(18,23)11-15(14)10-17(16)22/h9-10,13,18,21-23H,4-8,11-12H2,1-3H3. The topological polar surface area (TPSA) is 60.7 Å². The second kappa shape index (κ2) is 5.78. The van der Waals surface area contributed by atoms with Crippen LogP contribution in [0.5, 0.6) is 5.75 Å². The van der Waals surface area contributed by atoms with E-state index in [0.29, 0.717) is 12.2 Å². The fraction of sp³-hybridized carbons (Fsp3) is 0.700. The van der Waals surface area contributed by atoms with Crippen molar-refractivity contribution in [3.63, 3.8) is 0 Å². The lowest BCUT2D eigenvalue weighted by molar-refractivity contribution is -0.123. The fourth-order valence-electron chi connectivity index (χ4n) is 5.00. The van der Waals surface area contributed by atoms with Crippen LogP contribution in [0.4, 0.5) is 0 Å². The van der Waals surface area contributed by atoms with E-state index in [1.807, 2.05) is 6.07 Å². The molecule has 128 valence electrons. The van der Waals surface area contributed by atoms with Crippen molar-refractivity contribution in [2.24, 2.45) is 11.3 Å². The molecule has 3 unspecified atom stereocenters. The van der Waals surface area contributed by atoms with Crippen LogP contribution in [-0.4, -0.2) is 27.5 Å². The lowest BCUT2D eigenvalue weighted by Crippen LogP contribution is -2.52. The fourth-order valence-corrected chi connectivity index (χ4v) is 5.00. The molecule has 0 spiro atoms. The Morgan fingerprint density at radius 3 is 2.61 bits per heavy atom. The summed E-state index contributed by atoms with van der Waals surface area (Å²) in [6.07, 6.45) is 5.14. The number of phenols is 1. The Hall–Kier alpha value is -1.06. The molecule has 2 aliphatic rings. The van der Waals surface area contributed by atoms with E-state index in [0.717, 1.165) is 43.2 Å². The molecule has 0 radical (unpaired) electrons. The van der Waals surface area contributed by atoms with Gasteiger partial charge >= 0.3 is 0 Å². The summed E-state index contributed by atoms with van der Waals surface area (Å²) in [6, 6.07) is 4.00. The number of aryl methyl sites for hydroxylation is 1. The van der Waals surface area contributed by atoms with Crippen LogP contribution in [0.2, 0.25) is 0 Å². The van der Waals surface area contributed by atoms with E-state index in [-0.39, 0.29) is 23.9 Å². The highest BCUT2D eigenvalue weighted by molar-refractivity contribution is 5.45. The Kier molecular flexibility index (Phi) is 4.22. The highest BCUT2D eigenvalue weighted by atomic mass is 16.3. The van der Waals surface area contributed by atoms with Crippen LogP contribution in [0.25, 0.3) is 0 Å². The van der Waals surface area contributed by atoms with Crippen LogP contribution in [0, 0.1) is 11.3 Å². The molecule has 2 aliphatic carbocycles. The normalized spacial score (nSPS) is 33.9. The molecule has 0 aromatic heterocycles. The van der Waals surface area contributed by atoms with Gasteiger partial charge in [0.2, 0.25) is 0 Å². The summed E-state index contributed by atoms with van der Waals surface area (Å²) in [5.41, 5.74) is 2.38. The largest absolute Gasteiger partial charge is 0.508 e. The molecule has 0 aliphatic heterocycles. The third kappa shape index (κ3) is 2.78. The molecule has 0 heterocycles. The molecule has 3 rings (SSSR count). The maximum atomic E-state index is 11.4. The first-order valence-electron chi connectivity index (χ1n) is 8.97. The van der Waals surface area contributed by atoms with E-state index in [9.17, 15) is 15.3 Å². The van der Waals surface area contributed by atoms with Gasteiger partial charge in [0, 0.05) is 13.0 Å². The molecule has 23 heavy (non-hydrogen) atoms. The van der Waals surface area contributed by atoms with Gasteiger partial charge in [-0.1, -0.05) is 26.8 Å². The van der Waals surface area contributed by atoms with Crippen molar-refractivity contribution in [3.05, 3.63) is 28.8 Å². The lowest BCUT2D eigenvalue weighted by Gasteiger charge is -2.50. The Balaban J connectivity index is 2.01. The Bertz CT molecular complexity index is 595. The first-order valence-corrected chi connectivity index (χ1v) is 8.97. The molecule has 3 heteroatoms. The number of hydrogen-bond donors (Lipinski definition) is 3. The third-order valence-corrected chi connectivity index (χ3v) is 6.38. The van der Waals surface area contributed by atoms with Crippen molar-refractivity contribution in [3.8, 4) is 5.75 Å².